The second-order valence-corrected chi connectivity index (χ2v) is 8.13. The highest BCUT2D eigenvalue weighted by atomic mass is 32.1. The molecule has 2 aromatic heterocycles. The predicted molar refractivity (Wildman–Crippen MR) is 112 cm³/mol. The van der Waals surface area contributed by atoms with E-state index in [4.69, 9.17) is 9.15 Å². The van der Waals surface area contributed by atoms with Crippen LogP contribution in [0.3, 0.4) is 0 Å². The van der Waals surface area contributed by atoms with Gasteiger partial charge in [-0.2, -0.15) is 11.3 Å². The zero-order valence-electron chi connectivity index (χ0n) is 16.8. The second-order valence-electron chi connectivity index (χ2n) is 7.35. The maximum absolute atomic E-state index is 12.8. The van der Waals surface area contributed by atoms with Crippen LogP contribution in [0.4, 0.5) is 0 Å². The third-order valence-electron chi connectivity index (χ3n) is 5.41. The van der Waals surface area contributed by atoms with Crippen LogP contribution in [0.25, 0.3) is 11.5 Å². The maximum Gasteiger partial charge on any atom is 0.248 e. The van der Waals surface area contributed by atoms with Crippen LogP contribution in [-0.4, -0.2) is 34.2 Å². The fourth-order valence-corrected chi connectivity index (χ4v) is 4.25. The van der Waals surface area contributed by atoms with Crippen molar-refractivity contribution < 1.29 is 13.9 Å². The van der Waals surface area contributed by atoms with Crippen LogP contribution >= 0.6 is 11.3 Å². The first-order valence-electron chi connectivity index (χ1n) is 9.98. The van der Waals surface area contributed by atoms with Crippen LogP contribution in [-0.2, 0) is 4.79 Å². The Bertz CT molecular complexity index is 968. The molecule has 6 nitrogen and oxygen atoms in total. The number of aryl methyl sites for hydroxylation is 1. The van der Waals surface area contributed by atoms with E-state index < -0.39 is 0 Å². The minimum atomic E-state index is -0.123. The second kappa shape index (κ2) is 8.78. The fourth-order valence-electron chi connectivity index (χ4n) is 3.62. The third kappa shape index (κ3) is 4.34. The van der Waals surface area contributed by atoms with Crippen LogP contribution in [0, 0.1) is 13.8 Å². The number of carbonyl (C=O) groups excluding carboxylic acids is 1. The summed E-state index contributed by atoms with van der Waals surface area (Å²) in [5.74, 6) is 2.06. The molecule has 0 bridgehead atoms. The first-order chi connectivity index (χ1) is 14.1. The van der Waals surface area contributed by atoms with E-state index >= 15 is 0 Å². The van der Waals surface area contributed by atoms with E-state index in [1.807, 2.05) is 33.9 Å². The first kappa shape index (κ1) is 19.6. The van der Waals surface area contributed by atoms with Gasteiger partial charge in [-0.1, -0.05) is 12.1 Å². The molecular formula is C22H25N3O3S. The van der Waals surface area contributed by atoms with Gasteiger partial charge in [-0.05, 0) is 61.7 Å². The Morgan fingerprint density at radius 3 is 3.03 bits per heavy atom. The lowest BCUT2D eigenvalue weighted by Gasteiger charge is -2.22. The molecule has 0 radical (unpaired) electrons. The van der Waals surface area contributed by atoms with Crippen LogP contribution in [0.5, 0.6) is 5.75 Å². The third-order valence-corrected chi connectivity index (χ3v) is 6.10. The molecule has 4 rings (SSSR count). The van der Waals surface area contributed by atoms with Gasteiger partial charge < -0.3 is 14.1 Å². The first-order valence-corrected chi connectivity index (χ1v) is 10.9. The minimum absolute atomic E-state index is 0.118. The molecule has 152 valence electrons. The summed E-state index contributed by atoms with van der Waals surface area (Å²) >= 11 is 1.59. The monoisotopic (exact) mass is 411 g/mol. The molecule has 0 spiro atoms. The van der Waals surface area contributed by atoms with E-state index in [1.54, 1.807) is 11.3 Å². The summed E-state index contributed by atoms with van der Waals surface area (Å²) in [6, 6.07) is 7.87. The maximum atomic E-state index is 12.8. The highest BCUT2D eigenvalue weighted by Crippen LogP contribution is 2.33. The van der Waals surface area contributed by atoms with E-state index in [2.05, 4.69) is 30.1 Å². The van der Waals surface area contributed by atoms with Gasteiger partial charge in [0.1, 0.15) is 11.8 Å². The number of likely N-dealkylation sites (tertiary alicyclic amines) is 1. The largest absolute Gasteiger partial charge is 0.493 e. The van der Waals surface area contributed by atoms with E-state index in [1.165, 1.54) is 5.56 Å². The standard InChI is InChI=1S/C22H25N3O3S/c1-15-6-3-8-19(16(15)2)27-12-5-9-20(26)25-11-4-7-18(25)22-24-23-21(28-22)17-10-13-29-14-17/h3,6,8,10,13-14,18H,4-5,7,9,11-12H2,1-2H3. The molecule has 3 heterocycles. The lowest BCUT2D eigenvalue weighted by Crippen LogP contribution is -2.30. The summed E-state index contributed by atoms with van der Waals surface area (Å²) in [5.41, 5.74) is 3.28. The van der Waals surface area contributed by atoms with E-state index in [0.717, 1.165) is 36.3 Å². The number of ether oxygens (including phenoxy) is 1. The van der Waals surface area contributed by atoms with Crippen molar-refractivity contribution in [3.63, 3.8) is 0 Å². The molecule has 1 amide bonds. The van der Waals surface area contributed by atoms with Crippen molar-refractivity contribution in [1.29, 1.82) is 0 Å². The van der Waals surface area contributed by atoms with Crippen molar-refractivity contribution in [3.05, 3.63) is 52.0 Å². The Morgan fingerprint density at radius 1 is 1.31 bits per heavy atom. The predicted octanol–water partition coefficient (Wildman–Crippen LogP) is 4.94. The summed E-state index contributed by atoms with van der Waals surface area (Å²) in [6.07, 6.45) is 2.94. The molecule has 1 unspecified atom stereocenters. The van der Waals surface area contributed by atoms with Gasteiger partial charge in [0.15, 0.2) is 0 Å². The van der Waals surface area contributed by atoms with Gasteiger partial charge in [-0.3, -0.25) is 4.79 Å². The quantitative estimate of drug-likeness (QED) is 0.515. The molecule has 0 saturated carbocycles. The van der Waals surface area contributed by atoms with Gasteiger partial charge in [0.2, 0.25) is 17.7 Å². The van der Waals surface area contributed by atoms with Crippen molar-refractivity contribution in [2.45, 2.75) is 45.6 Å². The fraction of sp³-hybridized carbons (Fsp3) is 0.409. The molecule has 1 atom stereocenters. The van der Waals surface area contributed by atoms with Gasteiger partial charge in [-0.25, -0.2) is 0 Å². The van der Waals surface area contributed by atoms with E-state index in [0.29, 0.717) is 31.2 Å². The average Bonchev–Trinajstić information content (AvgIpc) is 3.48. The number of aromatic nitrogens is 2. The number of hydrogen-bond donors (Lipinski definition) is 0. The lowest BCUT2D eigenvalue weighted by atomic mass is 10.1. The molecule has 0 aliphatic carbocycles. The molecule has 1 saturated heterocycles. The molecule has 1 aliphatic heterocycles. The SMILES string of the molecule is Cc1cccc(OCCCC(=O)N2CCCC2c2nnc(-c3ccsc3)o2)c1C. The number of rotatable bonds is 7. The number of thiophene rings is 1. The Hall–Kier alpha value is -2.67. The summed E-state index contributed by atoms with van der Waals surface area (Å²) in [7, 11) is 0. The topological polar surface area (TPSA) is 68.5 Å². The summed E-state index contributed by atoms with van der Waals surface area (Å²) in [4.78, 5) is 14.7. The Labute approximate surface area is 174 Å². The highest BCUT2D eigenvalue weighted by molar-refractivity contribution is 7.08. The van der Waals surface area contributed by atoms with Crippen molar-refractivity contribution >= 4 is 17.2 Å². The zero-order valence-corrected chi connectivity index (χ0v) is 17.6. The van der Waals surface area contributed by atoms with Crippen molar-refractivity contribution in [1.82, 2.24) is 15.1 Å². The van der Waals surface area contributed by atoms with Gasteiger partial charge in [0.25, 0.3) is 0 Å². The van der Waals surface area contributed by atoms with Gasteiger partial charge in [0.05, 0.1) is 6.61 Å². The van der Waals surface area contributed by atoms with Crippen LogP contribution in [0.15, 0.2) is 39.4 Å². The lowest BCUT2D eigenvalue weighted by molar-refractivity contribution is -0.132. The average molecular weight is 412 g/mol. The van der Waals surface area contributed by atoms with Crippen molar-refractivity contribution in [3.8, 4) is 17.2 Å². The molecule has 0 N–H and O–H groups in total. The number of benzene rings is 1. The molecule has 1 aliphatic rings. The molecule has 1 fully saturated rings. The Morgan fingerprint density at radius 2 is 2.21 bits per heavy atom. The molecule has 3 aromatic rings. The van der Waals surface area contributed by atoms with Crippen molar-refractivity contribution in [2.24, 2.45) is 0 Å². The Balaban J connectivity index is 1.32. The van der Waals surface area contributed by atoms with Gasteiger partial charge >= 0.3 is 0 Å². The van der Waals surface area contributed by atoms with E-state index in [-0.39, 0.29) is 11.9 Å². The number of hydrogen-bond acceptors (Lipinski definition) is 6. The summed E-state index contributed by atoms with van der Waals surface area (Å²) in [6.45, 7) is 5.38. The number of amides is 1. The van der Waals surface area contributed by atoms with Crippen LogP contribution in [0.1, 0.15) is 48.7 Å². The van der Waals surface area contributed by atoms with Gasteiger partial charge in [-0.15, -0.1) is 10.2 Å². The molecule has 29 heavy (non-hydrogen) atoms. The van der Waals surface area contributed by atoms with Crippen molar-refractivity contribution in [2.75, 3.05) is 13.2 Å². The number of carbonyl (C=O) groups is 1. The zero-order chi connectivity index (χ0) is 20.2. The highest BCUT2D eigenvalue weighted by Gasteiger charge is 2.33. The summed E-state index contributed by atoms with van der Waals surface area (Å²) < 4.78 is 11.7. The van der Waals surface area contributed by atoms with Gasteiger partial charge in [0, 0.05) is 23.9 Å². The Kier molecular flexibility index (Phi) is 5.94. The molecular weight excluding hydrogens is 386 g/mol. The van der Waals surface area contributed by atoms with Crippen LogP contribution < -0.4 is 4.74 Å². The van der Waals surface area contributed by atoms with Crippen LogP contribution in [0.2, 0.25) is 0 Å². The smallest absolute Gasteiger partial charge is 0.248 e. The molecule has 1 aromatic carbocycles. The minimum Gasteiger partial charge on any atom is -0.493 e. The summed E-state index contributed by atoms with van der Waals surface area (Å²) in [5, 5.41) is 12.3. The molecule has 7 heteroatoms. The number of nitrogens with zero attached hydrogens (tertiary/aromatic N) is 3. The normalized spacial score (nSPS) is 16.3. The van der Waals surface area contributed by atoms with E-state index in [9.17, 15) is 4.79 Å².